The molecule has 0 aliphatic rings. The van der Waals surface area contributed by atoms with Gasteiger partial charge in [-0.2, -0.15) is 18.3 Å². The Labute approximate surface area is 101 Å². The smallest absolute Gasteiger partial charge is 0.415 e. The number of alkyl halides is 3. The van der Waals surface area contributed by atoms with Crippen LogP contribution < -0.4 is 0 Å². The number of aromatic nitrogens is 4. The third-order valence-corrected chi connectivity index (χ3v) is 2.48. The van der Waals surface area contributed by atoms with Gasteiger partial charge in [0.15, 0.2) is 0 Å². The van der Waals surface area contributed by atoms with Crippen LogP contribution in [0.2, 0.25) is 0 Å². The number of hydrogen-bond acceptors (Lipinski definition) is 4. The maximum atomic E-state index is 12.4. The van der Waals surface area contributed by atoms with Crippen LogP contribution in [0.15, 0.2) is 16.8 Å². The molecule has 2 aromatic heterocycles. The molecule has 0 unspecified atom stereocenters. The standard InChI is InChI=1S/C10H11F3N4O/c1-6-4-14-17(5-6)9(2,3)7-15-16-8(18-7)10(11,12)13/h4-5H,1-3H3. The Balaban J connectivity index is 2.39. The Hall–Kier alpha value is -1.86. The molecule has 18 heavy (non-hydrogen) atoms. The average Bonchev–Trinajstić information content (AvgIpc) is 2.83. The molecule has 2 rings (SSSR count). The molecule has 0 aromatic carbocycles. The van der Waals surface area contributed by atoms with E-state index >= 15 is 0 Å². The zero-order valence-corrected chi connectivity index (χ0v) is 9.99. The molecule has 5 nitrogen and oxygen atoms in total. The molecule has 0 aliphatic heterocycles. The van der Waals surface area contributed by atoms with E-state index in [1.807, 2.05) is 6.92 Å². The van der Waals surface area contributed by atoms with Crippen molar-refractivity contribution in [2.24, 2.45) is 0 Å². The third-order valence-electron chi connectivity index (χ3n) is 2.48. The van der Waals surface area contributed by atoms with E-state index in [9.17, 15) is 13.2 Å². The summed E-state index contributed by atoms with van der Waals surface area (Å²) < 4.78 is 43.3. The summed E-state index contributed by atoms with van der Waals surface area (Å²) in [6.07, 6.45) is -1.35. The fourth-order valence-electron chi connectivity index (χ4n) is 1.40. The lowest BCUT2D eigenvalue weighted by molar-refractivity contribution is -0.158. The van der Waals surface area contributed by atoms with Crippen LogP contribution >= 0.6 is 0 Å². The highest BCUT2D eigenvalue weighted by molar-refractivity contribution is 5.07. The molecular formula is C10H11F3N4O. The molecule has 0 radical (unpaired) electrons. The first-order valence-corrected chi connectivity index (χ1v) is 5.14. The first kappa shape index (κ1) is 12.6. The van der Waals surface area contributed by atoms with Crippen molar-refractivity contribution >= 4 is 0 Å². The van der Waals surface area contributed by atoms with E-state index in [1.54, 1.807) is 26.2 Å². The molecule has 0 saturated heterocycles. The summed E-state index contributed by atoms with van der Waals surface area (Å²) in [7, 11) is 0. The normalized spacial score (nSPS) is 13.0. The van der Waals surface area contributed by atoms with Crippen molar-refractivity contribution in [1.29, 1.82) is 0 Å². The largest absolute Gasteiger partial charge is 0.470 e. The summed E-state index contributed by atoms with van der Waals surface area (Å²) >= 11 is 0. The summed E-state index contributed by atoms with van der Waals surface area (Å²) in [5.41, 5.74) is -0.0521. The third kappa shape index (κ3) is 2.09. The summed E-state index contributed by atoms with van der Waals surface area (Å²) in [6, 6.07) is 0. The number of halogens is 3. The Morgan fingerprint density at radius 3 is 2.22 bits per heavy atom. The van der Waals surface area contributed by atoms with Gasteiger partial charge in [-0.05, 0) is 26.3 Å². The maximum absolute atomic E-state index is 12.4. The van der Waals surface area contributed by atoms with Crippen molar-refractivity contribution in [3.8, 4) is 0 Å². The highest BCUT2D eigenvalue weighted by atomic mass is 19.4. The van der Waals surface area contributed by atoms with Gasteiger partial charge < -0.3 is 4.42 Å². The lowest BCUT2D eigenvalue weighted by Gasteiger charge is -2.20. The predicted molar refractivity (Wildman–Crippen MR) is 54.7 cm³/mol. The quantitative estimate of drug-likeness (QED) is 0.831. The number of aryl methyl sites for hydroxylation is 1. The molecule has 8 heteroatoms. The predicted octanol–water partition coefficient (Wildman–Crippen LogP) is 2.38. The van der Waals surface area contributed by atoms with E-state index in [1.165, 1.54) is 4.68 Å². The van der Waals surface area contributed by atoms with Gasteiger partial charge in [-0.15, -0.1) is 10.2 Å². The number of rotatable bonds is 2. The minimum Gasteiger partial charge on any atom is -0.415 e. The first-order valence-electron chi connectivity index (χ1n) is 5.14. The van der Waals surface area contributed by atoms with Crippen molar-refractivity contribution in [2.75, 3.05) is 0 Å². The second-order valence-corrected chi connectivity index (χ2v) is 4.43. The van der Waals surface area contributed by atoms with Gasteiger partial charge >= 0.3 is 12.1 Å². The molecule has 2 heterocycles. The lowest BCUT2D eigenvalue weighted by atomic mass is 10.1. The van der Waals surface area contributed by atoms with Gasteiger partial charge in [0.05, 0.1) is 6.20 Å². The van der Waals surface area contributed by atoms with Gasteiger partial charge in [0.1, 0.15) is 5.54 Å². The molecule has 0 fully saturated rings. The van der Waals surface area contributed by atoms with Crippen molar-refractivity contribution in [2.45, 2.75) is 32.5 Å². The fraction of sp³-hybridized carbons (Fsp3) is 0.500. The van der Waals surface area contributed by atoms with Crippen molar-refractivity contribution in [3.63, 3.8) is 0 Å². The van der Waals surface area contributed by atoms with Gasteiger partial charge in [-0.25, -0.2) is 0 Å². The van der Waals surface area contributed by atoms with E-state index in [-0.39, 0.29) is 5.89 Å². The van der Waals surface area contributed by atoms with Crippen molar-refractivity contribution < 1.29 is 17.6 Å². The lowest BCUT2D eigenvalue weighted by Crippen LogP contribution is -2.28. The molecule has 0 N–H and O–H groups in total. The average molecular weight is 260 g/mol. The van der Waals surface area contributed by atoms with Crippen LogP contribution in [0.5, 0.6) is 0 Å². The molecular weight excluding hydrogens is 249 g/mol. The summed E-state index contributed by atoms with van der Waals surface area (Å²) in [5.74, 6) is -1.49. The second kappa shape index (κ2) is 3.82. The van der Waals surface area contributed by atoms with Gasteiger partial charge in [0.25, 0.3) is 0 Å². The van der Waals surface area contributed by atoms with E-state index in [0.29, 0.717) is 0 Å². The molecule has 0 saturated carbocycles. The SMILES string of the molecule is Cc1cnn(C(C)(C)c2nnc(C(F)(F)F)o2)c1. The second-order valence-electron chi connectivity index (χ2n) is 4.43. The van der Waals surface area contributed by atoms with E-state index in [2.05, 4.69) is 19.7 Å². The van der Waals surface area contributed by atoms with E-state index < -0.39 is 17.6 Å². The monoisotopic (exact) mass is 260 g/mol. The van der Waals surface area contributed by atoms with Crippen LogP contribution in [0.1, 0.15) is 31.2 Å². The van der Waals surface area contributed by atoms with Crippen LogP contribution in [0.4, 0.5) is 13.2 Å². The molecule has 0 atom stereocenters. The van der Waals surface area contributed by atoms with E-state index in [0.717, 1.165) is 5.56 Å². The summed E-state index contributed by atoms with van der Waals surface area (Å²) in [5, 5.41) is 10.5. The van der Waals surface area contributed by atoms with E-state index in [4.69, 9.17) is 0 Å². The van der Waals surface area contributed by atoms with Gasteiger partial charge in [-0.3, -0.25) is 4.68 Å². The summed E-state index contributed by atoms with van der Waals surface area (Å²) in [6.45, 7) is 5.12. The molecule has 98 valence electrons. The highest BCUT2D eigenvalue weighted by Gasteiger charge is 2.40. The van der Waals surface area contributed by atoms with Crippen LogP contribution in [0.3, 0.4) is 0 Å². The molecule has 0 bridgehead atoms. The minimum atomic E-state index is -4.64. The minimum absolute atomic E-state index is 0.141. The molecule has 2 aromatic rings. The van der Waals surface area contributed by atoms with Gasteiger partial charge in [0.2, 0.25) is 5.89 Å². The van der Waals surface area contributed by atoms with Gasteiger partial charge in [-0.1, -0.05) is 0 Å². The summed E-state index contributed by atoms with van der Waals surface area (Å²) in [4.78, 5) is 0. The Morgan fingerprint density at radius 2 is 1.78 bits per heavy atom. The van der Waals surface area contributed by atoms with Crippen LogP contribution in [0.25, 0.3) is 0 Å². The Bertz CT molecular complexity index is 555. The van der Waals surface area contributed by atoms with Gasteiger partial charge in [0, 0.05) is 6.20 Å². The van der Waals surface area contributed by atoms with Crippen molar-refractivity contribution in [1.82, 2.24) is 20.0 Å². The maximum Gasteiger partial charge on any atom is 0.470 e. The Morgan fingerprint density at radius 1 is 1.17 bits per heavy atom. The molecule has 0 amide bonds. The van der Waals surface area contributed by atoms with Crippen LogP contribution in [-0.2, 0) is 11.7 Å². The van der Waals surface area contributed by atoms with Crippen molar-refractivity contribution in [3.05, 3.63) is 29.7 Å². The zero-order valence-electron chi connectivity index (χ0n) is 9.99. The fourth-order valence-corrected chi connectivity index (χ4v) is 1.40. The highest BCUT2D eigenvalue weighted by Crippen LogP contribution is 2.31. The molecule has 0 aliphatic carbocycles. The van der Waals surface area contributed by atoms with Crippen LogP contribution in [-0.4, -0.2) is 20.0 Å². The topological polar surface area (TPSA) is 56.7 Å². The number of nitrogens with zero attached hydrogens (tertiary/aromatic N) is 4. The Kier molecular flexibility index (Phi) is 2.67. The first-order chi connectivity index (χ1) is 8.21. The van der Waals surface area contributed by atoms with Crippen LogP contribution in [0, 0.1) is 6.92 Å². The number of hydrogen-bond donors (Lipinski definition) is 0. The molecule has 0 spiro atoms. The zero-order chi connectivity index (χ0) is 13.6.